The normalized spacial score (nSPS) is 10.3. The van der Waals surface area contributed by atoms with Crippen LogP contribution < -0.4 is 5.56 Å². The summed E-state index contributed by atoms with van der Waals surface area (Å²) in [5.41, 5.74) is 1.07. The number of ether oxygens (including phenoxy) is 1. The molecule has 0 unspecified atom stereocenters. The Morgan fingerprint density at radius 1 is 1.29 bits per heavy atom. The van der Waals surface area contributed by atoms with Crippen LogP contribution in [-0.4, -0.2) is 41.5 Å². The first-order valence-electron chi connectivity index (χ1n) is 6.95. The number of pyridine rings is 1. The minimum Gasteiger partial charge on any atom is -0.462 e. The number of hydrogen-bond donors (Lipinski definition) is 0. The third-order valence-corrected chi connectivity index (χ3v) is 3.44. The van der Waals surface area contributed by atoms with E-state index in [1.165, 1.54) is 15.5 Å². The molecule has 0 N–H and O–H groups in total. The first-order valence-corrected chi connectivity index (χ1v) is 6.95. The predicted octanol–water partition coefficient (Wildman–Crippen LogP) is 1.12. The number of likely N-dealkylation sites (N-methyl/N-ethyl adjacent to an activating group) is 1. The summed E-state index contributed by atoms with van der Waals surface area (Å²) < 4.78 is 6.32. The number of nitrogens with zero attached hydrogens (tertiary/aromatic N) is 2. The highest BCUT2D eigenvalue weighted by Gasteiger charge is 2.19. The molecule has 0 fully saturated rings. The maximum Gasteiger partial charge on any atom is 0.340 e. The van der Waals surface area contributed by atoms with Crippen molar-refractivity contribution in [2.75, 3.05) is 20.2 Å². The Kier molecular flexibility index (Phi) is 5.69. The lowest BCUT2D eigenvalue weighted by molar-refractivity contribution is -0.130. The van der Waals surface area contributed by atoms with Crippen LogP contribution in [0.25, 0.3) is 0 Å². The first kappa shape index (κ1) is 16.9. The van der Waals surface area contributed by atoms with Crippen molar-refractivity contribution >= 4 is 11.9 Å². The zero-order chi connectivity index (χ0) is 16.2. The second-order valence-electron chi connectivity index (χ2n) is 4.84. The number of aryl methyl sites for hydroxylation is 1. The summed E-state index contributed by atoms with van der Waals surface area (Å²) in [6, 6.07) is 1.36. The fourth-order valence-electron chi connectivity index (χ4n) is 2.06. The Balaban J connectivity index is 3.28. The highest BCUT2D eigenvalue weighted by molar-refractivity contribution is 5.92. The predicted molar refractivity (Wildman–Crippen MR) is 79.4 cm³/mol. The molecule has 1 aromatic rings. The molecule has 0 aliphatic carbocycles. The third kappa shape index (κ3) is 3.71. The molecule has 0 spiro atoms. The van der Waals surface area contributed by atoms with Crippen molar-refractivity contribution in [3.63, 3.8) is 0 Å². The highest BCUT2D eigenvalue weighted by atomic mass is 16.5. The topological polar surface area (TPSA) is 68.6 Å². The smallest absolute Gasteiger partial charge is 0.340 e. The number of amides is 1. The standard InChI is InChI=1S/C15H22N2O4/c1-6-16(5)13(19)9-17-11(4)14(15(20)21-7-2)10(3)8-12(17)18/h8H,6-7,9H2,1-5H3. The molecule has 1 rings (SSSR count). The number of carbonyl (C=O) groups is 2. The number of rotatable bonds is 5. The molecule has 116 valence electrons. The minimum absolute atomic E-state index is 0.0817. The molecule has 1 aromatic heterocycles. The maximum absolute atomic E-state index is 12.1. The summed E-state index contributed by atoms with van der Waals surface area (Å²) in [4.78, 5) is 37.6. The van der Waals surface area contributed by atoms with Crippen LogP contribution in [0.4, 0.5) is 0 Å². The molecule has 1 amide bonds. The van der Waals surface area contributed by atoms with Gasteiger partial charge in [-0.05, 0) is 33.3 Å². The van der Waals surface area contributed by atoms with E-state index in [0.29, 0.717) is 23.4 Å². The number of hydrogen-bond acceptors (Lipinski definition) is 4. The quantitative estimate of drug-likeness (QED) is 0.763. The zero-order valence-corrected chi connectivity index (χ0v) is 13.2. The van der Waals surface area contributed by atoms with Crippen LogP contribution in [0, 0.1) is 13.8 Å². The van der Waals surface area contributed by atoms with Crippen molar-refractivity contribution in [1.82, 2.24) is 9.47 Å². The van der Waals surface area contributed by atoms with E-state index < -0.39 is 5.97 Å². The second-order valence-corrected chi connectivity index (χ2v) is 4.84. The molecule has 0 bridgehead atoms. The van der Waals surface area contributed by atoms with Crippen molar-refractivity contribution < 1.29 is 14.3 Å². The van der Waals surface area contributed by atoms with Gasteiger partial charge in [0, 0.05) is 25.4 Å². The van der Waals surface area contributed by atoms with E-state index in [-0.39, 0.29) is 24.6 Å². The Bertz CT molecular complexity index is 604. The zero-order valence-electron chi connectivity index (χ0n) is 13.2. The number of carbonyl (C=O) groups excluding carboxylic acids is 2. The van der Waals surface area contributed by atoms with Gasteiger partial charge in [0.2, 0.25) is 5.91 Å². The summed E-state index contributed by atoms with van der Waals surface area (Å²) in [6.45, 7) is 7.65. The van der Waals surface area contributed by atoms with Crippen molar-refractivity contribution in [2.45, 2.75) is 34.2 Å². The fraction of sp³-hybridized carbons (Fsp3) is 0.533. The van der Waals surface area contributed by atoms with Crippen molar-refractivity contribution in [3.8, 4) is 0 Å². The van der Waals surface area contributed by atoms with Crippen molar-refractivity contribution in [1.29, 1.82) is 0 Å². The van der Waals surface area contributed by atoms with Gasteiger partial charge >= 0.3 is 5.97 Å². The van der Waals surface area contributed by atoms with E-state index in [9.17, 15) is 14.4 Å². The lowest BCUT2D eigenvalue weighted by atomic mass is 10.1. The Labute approximate surface area is 124 Å². The molecule has 6 heteroatoms. The molecule has 6 nitrogen and oxygen atoms in total. The summed E-state index contributed by atoms with van der Waals surface area (Å²) in [6.07, 6.45) is 0. The van der Waals surface area contributed by atoms with Crippen LogP contribution in [0.1, 0.15) is 35.5 Å². The summed E-state index contributed by atoms with van der Waals surface area (Å²) in [7, 11) is 1.67. The summed E-state index contributed by atoms with van der Waals surface area (Å²) in [5.74, 6) is -0.654. The average molecular weight is 294 g/mol. The Hall–Kier alpha value is -2.11. The van der Waals surface area contributed by atoms with E-state index in [4.69, 9.17) is 4.74 Å². The van der Waals surface area contributed by atoms with Crippen LogP contribution in [-0.2, 0) is 16.1 Å². The lowest BCUT2D eigenvalue weighted by Crippen LogP contribution is -2.35. The van der Waals surface area contributed by atoms with E-state index in [1.807, 2.05) is 6.92 Å². The molecule has 0 saturated heterocycles. The summed E-state index contributed by atoms with van der Waals surface area (Å²) in [5, 5.41) is 0. The molecule has 0 aliphatic rings. The molecule has 0 aromatic carbocycles. The van der Waals surface area contributed by atoms with Gasteiger partial charge in [0.15, 0.2) is 0 Å². The minimum atomic E-state index is -0.474. The average Bonchev–Trinajstić information content (AvgIpc) is 2.42. The Morgan fingerprint density at radius 2 is 1.90 bits per heavy atom. The van der Waals surface area contributed by atoms with Gasteiger partial charge in [0.05, 0.1) is 12.2 Å². The van der Waals surface area contributed by atoms with Gasteiger partial charge in [-0.3, -0.25) is 9.59 Å². The summed E-state index contributed by atoms with van der Waals surface area (Å²) >= 11 is 0. The van der Waals surface area contributed by atoms with Crippen LogP contribution in [0.3, 0.4) is 0 Å². The van der Waals surface area contributed by atoms with Gasteiger partial charge in [-0.15, -0.1) is 0 Å². The van der Waals surface area contributed by atoms with Gasteiger partial charge in [-0.2, -0.15) is 0 Å². The maximum atomic E-state index is 12.1. The molecule has 0 radical (unpaired) electrons. The lowest BCUT2D eigenvalue weighted by Gasteiger charge is -2.18. The van der Waals surface area contributed by atoms with Crippen molar-refractivity contribution in [2.24, 2.45) is 0 Å². The van der Waals surface area contributed by atoms with Gasteiger partial charge in [0.1, 0.15) is 6.54 Å². The van der Waals surface area contributed by atoms with Gasteiger partial charge in [-0.25, -0.2) is 4.79 Å². The first-order chi connectivity index (χ1) is 9.83. The third-order valence-electron chi connectivity index (χ3n) is 3.44. The molecular formula is C15H22N2O4. The molecule has 0 aliphatic heterocycles. The molecule has 0 saturated carbocycles. The second kappa shape index (κ2) is 7.06. The monoisotopic (exact) mass is 294 g/mol. The highest BCUT2D eigenvalue weighted by Crippen LogP contribution is 2.13. The Morgan fingerprint density at radius 3 is 2.43 bits per heavy atom. The largest absolute Gasteiger partial charge is 0.462 e. The van der Waals surface area contributed by atoms with Crippen LogP contribution in [0.2, 0.25) is 0 Å². The van der Waals surface area contributed by atoms with E-state index in [0.717, 1.165) is 0 Å². The molecule has 21 heavy (non-hydrogen) atoms. The van der Waals surface area contributed by atoms with Gasteiger partial charge in [0.25, 0.3) is 5.56 Å². The van der Waals surface area contributed by atoms with Crippen molar-refractivity contribution in [3.05, 3.63) is 33.2 Å². The van der Waals surface area contributed by atoms with E-state index >= 15 is 0 Å². The fourth-order valence-corrected chi connectivity index (χ4v) is 2.06. The number of aromatic nitrogens is 1. The van der Waals surface area contributed by atoms with Gasteiger partial charge in [-0.1, -0.05) is 0 Å². The molecule has 1 heterocycles. The van der Waals surface area contributed by atoms with E-state index in [2.05, 4.69) is 0 Å². The van der Waals surface area contributed by atoms with Gasteiger partial charge < -0.3 is 14.2 Å². The van der Waals surface area contributed by atoms with Crippen LogP contribution in [0.5, 0.6) is 0 Å². The SMILES string of the molecule is CCOC(=O)c1c(C)cc(=O)n(CC(=O)N(C)CC)c1C. The van der Waals surface area contributed by atoms with E-state index in [1.54, 1.807) is 27.8 Å². The number of esters is 1. The molecular weight excluding hydrogens is 272 g/mol. The molecule has 0 atom stereocenters. The van der Waals surface area contributed by atoms with Crippen LogP contribution in [0.15, 0.2) is 10.9 Å². The van der Waals surface area contributed by atoms with Crippen LogP contribution >= 0.6 is 0 Å².